The van der Waals surface area contributed by atoms with Crippen LogP contribution in [0.2, 0.25) is 0 Å². The van der Waals surface area contributed by atoms with E-state index in [9.17, 15) is 4.79 Å². The van der Waals surface area contributed by atoms with Gasteiger partial charge in [-0.25, -0.2) is 4.79 Å². The van der Waals surface area contributed by atoms with Gasteiger partial charge in [0.2, 0.25) is 0 Å². The lowest BCUT2D eigenvalue weighted by Gasteiger charge is -2.04. The van der Waals surface area contributed by atoms with Crippen LogP contribution in [0.5, 0.6) is 11.5 Å². The van der Waals surface area contributed by atoms with E-state index in [0.717, 1.165) is 17.4 Å². The molecule has 0 unspecified atom stereocenters. The van der Waals surface area contributed by atoms with E-state index in [1.807, 2.05) is 24.3 Å². The zero-order valence-electron chi connectivity index (χ0n) is 10.00. The normalized spacial score (nSPS) is 9.00. The van der Waals surface area contributed by atoms with Crippen LogP contribution in [-0.2, 0) is 4.79 Å². The van der Waals surface area contributed by atoms with E-state index < -0.39 is 0 Å². The van der Waals surface area contributed by atoms with Gasteiger partial charge in [0, 0.05) is 0 Å². The highest BCUT2D eigenvalue weighted by Gasteiger charge is 1.99. The minimum atomic E-state index is 0.583. The molecule has 2 aromatic carbocycles. The third-order valence-corrected chi connectivity index (χ3v) is 2.46. The average Bonchev–Trinajstić information content (AvgIpc) is 2.47. The van der Waals surface area contributed by atoms with Crippen molar-refractivity contribution < 1.29 is 14.3 Å². The quantitative estimate of drug-likeness (QED) is 0.475. The van der Waals surface area contributed by atoms with Crippen molar-refractivity contribution >= 4 is 5.94 Å². The van der Waals surface area contributed by atoms with Gasteiger partial charge in [-0.3, -0.25) is 0 Å². The zero-order chi connectivity index (χ0) is 13.5. The van der Waals surface area contributed by atoms with E-state index in [0.29, 0.717) is 11.5 Å². The van der Waals surface area contributed by atoms with Gasteiger partial charge in [-0.2, -0.15) is 0 Å². The Balaban J connectivity index is 2.17. The lowest BCUT2D eigenvalue weighted by Crippen LogP contribution is -1.84. The van der Waals surface area contributed by atoms with E-state index in [4.69, 9.17) is 15.9 Å². The second kappa shape index (κ2) is 6.11. The average molecular weight is 250 g/mol. The Morgan fingerprint density at radius 2 is 1.42 bits per heavy atom. The standard InChI is InChI=1S/C16H10O3/c1-2-18-15-7-3-13(4-8-15)14-5-9-16(10-6-14)19-12-11-17/h1,3-10,12H. The third kappa shape index (κ3) is 3.26. The lowest BCUT2D eigenvalue weighted by molar-refractivity contribution is 0.477. The number of carbonyl (C=O) groups excluding carboxylic acids is 1. The Labute approximate surface area is 111 Å². The maximum Gasteiger partial charge on any atom is 0.174 e. The Morgan fingerprint density at radius 3 is 1.89 bits per heavy atom. The Bertz CT molecular complexity index is 627. The summed E-state index contributed by atoms with van der Waals surface area (Å²) in [6, 6.07) is 14.8. The van der Waals surface area contributed by atoms with Crippen LogP contribution in [0.4, 0.5) is 0 Å². The van der Waals surface area contributed by atoms with Gasteiger partial charge < -0.3 is 9.47 Å². The molecule has 0 aliphatic heterocycles. The maximum absolute atomic E-state index is 10.0. The molecule has 0 saturated heterocycles. The molecule has 0 aliphatic rings. The second-order valence-corrected chi connectivity index (χ2v) is 3.62. The molecule has 0 fully saturated rings. The molecule has 0 spiro atoms. The van der Waals surface area contributed by atoms with Gasteiger partial charge in [-0.15, -0.1) is 0 Å². The van der Waals surface area contributed by atoms with Crippen molar-refractivity contribution in [3.05, 3.63) is 54.8 Å². The van der Waals surface area contributed by atoms with Crippen LogP contribution in [0, 0.1) is 12.5 Å². The van der Waals surface area contributed by atoms with Gasteiger partial charge in [-0.1, -0.05) is 30.7 Å². The summed E-state index contributed by atoms with van der Waals surface area (Å²) in [4.78, 5) is 10.0. The number of hydrogen-bond donors (Lipinski definition) is 0. The molecule has 19 heavy (non-hydrogen) atoms. The molecule has 0 atom stereocenters. The van der Waals surface area contributed by atoms with E-state index in [2.05, 4.69) is 6.11 Å². The molecule has 3 nitrogen and oxygen atoms in total. The molecular formula is C16H10O3. The molecule has 0 heterocycles. The first-order valence-corrected chi connectivity index (χ1v) is 5.52. The molecule has 0 bridgehead atoms. The van der Waals surface area contributed by atoms with Crippen LogP contribution in [-0.4, -0.2) is 5.94 Å². The van der Waals surface area contributed by atoms with Crippen LogP contribution in [0.25, 0.3) is 11.1 Å². The van der Waals surface area contributed by atoms with E-state index in [-0.39, 0.29) is 0 Å². The summed E-state index contributed by atoms with van der Waals surface area (Å²) in [5.74, 6) is 2.76. The first-order chi connectivity index (χ1) is 9.33. The predicted molar refractivity (Wildman–Crippen MR) is 72.2 cm³/mol. The highest BCUT2D eigenvalue weighted by atomic mass is 16.5. The molecular weight excluding hydrogens is 240 g/mol. The number of benzene rings is 2. The summed E-state index contributed by atoms with van der Waals surface area (Å²) in [5.41, 5.74) is 2.05. The monoisotopic (exact) mass is 250 g/mol. The second-order valence-electron chi connectivity index (χ2n) is 3.62. The molecule has 2 rings (SSSR count). The minimum absolute atomic E-state index is 0.583. The van der Waals surface area contributed by atoms with Gasteiger partial charge in [0.1, 0.15) is 17.6 Å². The molecule has 92 valence electrons. The summed E-state index contributed by atoms with van der Waals surface area (Å²) in [7, 11) is 0. The Hall–Kier alpha value is -2.95. The molecule has 0 aliphatic carbocycles. The fourth-order valence-corrected chi connectivity index (χ4v) is 1.60. The van der Waals surface area contributed by atoms with Crippen molar-refractivity contribution in [3.63, 3.8) is 0 Å². The molecule has 2 aromatic rings. The predicted octanol–water partition coefficient (Wildman–Crippen LogP) is 3.05. The topological polar surface area (TPSA) is 35.5 Å². The van der Waals surface area contributed by atoms with E-state index in [1.165, 1.54) is 0 Å². The number of ether oxygens (including phenoxy) is 2. The summed E-state index contributed by atoms with van der Waals surface area (Å²) in [6.45, 7) is 0. The van der Waals surface area contributed by atoms with Crippen LogP contribution >= 0.6 is 0 Å². The molecule has 0 N–H and O–H groups in total. The first kappa shape index (κ1) is 12.5. The summed E-state index contributed by atoms with van der Waals surface area (Å²) in [6.07, 6.45) is 8.14. The van der Waals surface area contributed by atoms with Crippen molar-refractivity contribution in [3.8, 4) is 35.2 Å². The molecule has 0 aromatic heterocycles. The van der Waals surface area contributed by atoms with Crippen molar-refractivity contribution in [1.29, 1.82) is 0 Å². The van der Waals surface area contributed by atoms with Gasteiger partial charge >= 0.3 is 0 Å². The smallest absolute Gasteiger partial charge is 0.174 e. The van der Waals surface area contributed by atoms with Gasteiger partial charge in [0.15, 0.2) is 12.2 Å². The van der Waals surface area contributed by atoms with Crippen LogP contribution in [0.3, 0.4) is 0 Å². The highest BCUT2D eigenvalue weighted by molar-refractivity contribution is 5.65. The van der Waals surface area contributed by atoms with Crippen LogP contribution in [0.1, 0.15) is 0 Å². The largest absolute Gasteiger partial charge is 0.453 e. The first-order valence-electron chi connectivity index (χ1n) is 5.52. The summed E-state index contributed by atoms with van der Waals surface area (Å²) in [5, 5.41) is 0. The van der Waals surface area contributed by atoms with Gasteiger partial charge in [0.05, 0.1) is 0 Å². The van der Waals surface area contributed by atoms with E-state index in [1.54, 1.807) is 30.2 Å². The third-order valence-electron chi connectivity index (χ3n) is 2.46. The lowest BCUT2D eigenvalue weighted by atomic mass is 10.1. The fraction of sp³-hybridized carbons (Fsp3) is 0. The van der Waals surface area contributed by atoms with Crippen LogP contribution in [0.15, 0.2) is 54.8 Å². The SMILES string of the molecule is C#COc1ccc(-c2ccc(OC=C=O)cc2)cc1. The molecule has 0 saturated carbocycles. The van der Waals surface area contributed by atoms with Crippen molar-refractivity contribution in [1.82, 2.24) is 0 Å². The summed E-state index contributed by atoms with van der Waals surface area (Å²) >= 11 is 0. The minimum Gasteiger partial charge on any atom is -0.453 e. The fourth-order valence-electron chi connectivity index (χ4n) is 1.60. The highest BCUT2D eigenvalue weighted by Crippen LogP contribution is 2.24. The maximum atomic E-state index is 10.0. The van der Waals surface area contributed by atoms with Gasteiger partial charge in [0.25, 0.3) is 0 Å². The van der Waals surface area contributed by atoms with Crippen LogP contribution < -0.4 is 9.47 Å². The van der Waals surface area contributed by atoms with Crippen molar-refractivity contribution in [2.24, 2.45) is 0 Å². The van der Waals surface area contributed by atoms with Crippen molar-refractivity contribution in [2.45, 2.75) is 0 Å². The molecule has 0 radical (unpaired) electrons. The number of hydrogen-bond acceptors (Lipinski definition) is 3. The van der Waals surface area contributed by atoms with E-state index >= 15 is 0 Å². The number of rotatable bonds is 4. The Kier molecular flexibility index (Phi) is 4.02. The summed E-state index contributed by atoms with van der Waals surface area (Å²) < 4.78 is 9.93. The molecule has 3 heteroatoms. The Morgan fingerprint density at radius 1 is 0.895 bits per heavy atom. The van der Waals surface area contributed by atoms with Crippen molar-refractivity contribution in [2.75, 3.05) is 0 Å². The molecule has 0 amide bonds. The van der Waals surface area contributed by atoms with Gasteiger partial charge in [-0.05, 0) is 35.4 Å². The number of terminal acetylenes is 1. The zero-order valence-corrected chi connectivity index (χ0v) is 10.00.